The van der Waals surface area contributed by atoms with Gasteiger partial charge in [0.1, 0.15) is 6.04 Å². The highest BCUT2D eigenvalue weighted by Crippen LogP contribution is 2.29. The number of nitrogens with zero attached hydrogens (tertiary/aromatic N) is 2. The first-order valence-electron chi connectivity index (χ1n) is 17.3. The predicted octanol–water partition coefficient (Wildman–Crippen LogP) is 3.38. The van der Waals surface area contributed by atoms with Crippen LogP contribution in [0.1, 0.15) is 83.1 Å². The summed E-state index contributed by atoms with van der Waals surface area (Å²) < 4.78 is 0. The van der Waals surface area contributed by atoms with Crippen molar-refractivity contribution in [3.05, 3.63) is 35.9 Å². The Bertz CT molecular complexity index is 1170. The fourth-order valence-corrected chi connectivity index (χ4v) is 6.26. The number of carbonyl (C=O) groups is 3. The molecule has 1 unspecified atom stereocenters. The van der Waals surface area contributed by atoms with Crippen molar-refractivity contribution in [3.63, 3.8) is 0 Å². The molecule has 0 radical (unpaired) electrons. The minimum atomic E-state index is -1.21. The Balaban J connectivity index is 2.31. The van der Waals surface area contributed by atoms with Crippen LogP contribution < -0.4 is 10.6 Å². The minimum Gasteiger partial charge on any atom is -0.390 e. The van der Waals surface area contributed by atoms with Crippen molar-refractivity contribution < 1.29 is 24.6 Å². The van der Waals surface area contributed by atoms with E-state index in [1.165, 1.54) is 0 Å². The van der Waals surface area contributed by atoms with Crippen molar-refractivity contribution in [3.8, 4) is 24.7 Å². The summed E-state index contributed by atoms with van der Waals surface area (Å²) in [6.07, 6.45) is 16.9. The minimum absolute atomic E-state index is 0.0291. The zero-order chi connectivity index (χ0) is 34.8. The highest BCUT2D eigenvalue weighted by Gasteiger charge is 2.36. The molecule has 4 N–H and O–H groups in total. The highest BCUT2D eigenvalue weighted by molar-refractivity contribution is 5.91. The molecular formula is C38H58N4O5. The van der Waals surface area contributed by atoms with Crippen LogP contribution in [-0.2, 0) is 20.8 Å². The van der Waals surface area contributed by atoms with Gasteiger partial charge in [0.25, 0.3) is 0 Å². The Morgan fingerprint density at radius 2 is 1.66 bits per heavy atom. The zero-order valence-electron chi connectivity index (χ0n) is 29.0. The molecule has 1 aromatic carbocycles. The first kappa shape index (κ1) is 39.8. The first-order valence-corrected chi connectivity index (χ1v) is 17.3. The molecule has 0 heterocycles. The lowest BCUT2D eigenvalue weighted by Crippen LogP contribution is -2.57. The van der Waals surface area contributed by atoms with Gasteiger partial charge in [-0.15, -0.1) is 24.7 Å². The van der Waals surface area contributed by atoms with E-state index in [1.54, 1.807) is 11.9 Å². The topological polar surface area (TPSA) is 122 Å². The molecule has 9 nitrogen and oxygen atoms in total. The standard InChI is InChI=1S/C38H58N4O5/c1-7-10-13-22-33(43)36(45)32(26-29-20-16-12-17-21-29)39-38(47)35(30(8-2)9-3)40-37(46)31(25-28-18-14-11-15-19-28)27-34(44)42(6)24-23-41(4)5/h1-2,11,14-15,18-19,29-33,35-36,43,45H,9-10,12-13,16-17,20-27H2,3-6H3,(H,39,47)(H,40,46)/t30?,31-,32+,33+,35+,36-/m1/s1. The molecule has 47 heavy (non-hydrogen) atoms. The summed E-state index contributed by atoms with van der Waals surface area (Å²) in [4.78, 5) is 44.8. The number of hydrogen-bond donors (Lipinski definition) is 4. The fraction of sp³-hybridized carbons (Fsp3) is 0.658. The first-order chi connectivity index (χ1) is 22.5. The molecule has 6 atom stereocenters. The third-order valence-corrected chi connectivity index (χ3v) is 9.33. The number of benzene rings is 1. The number of amides is 3. The summed E-state index contributed by atoms with van der Waals surface area (Å²) in [7, 11) is 5.59. The van der Waals surface area contributed by atoms with E-state index in [0.717, 1.165) is 37.7 Å². The molecule has 1 fully saturated rings. The van der Waals surface area contributed by atoms with Crippen molar-refractivity contribution in [2.24, 2.45) is 17.8 Å². The molecule has 260 valence electrons. The van der Waals surface area contributed by atoms with Crippen molar-refractivity contribution in [2.75, 3.05) is 34.2 Å². The second-order valence-electron chi connectivity index (χ2n) is 13.4. The predicted molar refractivity (Wildman–Crippen MR) is 187 cm³/mol. The van der Waals surface area contributed by atoms with Crippen molar-refractivity contribution in [2.45, 2.75) is 108 Å². The number of nitrogens with one attached hydrogen (secondary N) is 2. The summed E-state index contributed by atoms with van der Waals surface area (Å²) in [5, 5.41) is 28.0. The average molecular weight is 651 g/mol. The number of terminal acetylenes is 2. The molecule has 0 aliphatic heterocycles. The lowest BCUT2D eigenvalue weighted by Gasteiger charge is -2.34. The van der Waals surface area contributed by atoms with Gasteiger partial charge in [-0.2, -0.15) is 0 Å². The van der Waals surface area contributed by atoms with Gasteiger partial charge < -0.3 is 30.6 Å². The Labute approximate surface area is 283 Å². The number of hydrogen-bond acceptors (Lipinski definition) is 6. The second-order valence-corrected chi connectivity index (χ2v) is 13.4. The maximum Gasteiger partial charge on any atom is 0.244 e. The molecule has 0 spiro atoms. The van der Waals surface area contributed by atoms with Crippen LogP contribution in [0.2, 0.25) is 0 Å². The van der Waals surface area contributed by atoms with E-state index in [4.69, 9.17) is 12.8 Å². The molecule has 0 bridgehead atoms. The van der Waals surface area contributed by atoms with Gasteiger partial charge in [-0.05, 0) is 57.7 Å². The molecule has 0 saturated heterocycles. The number of rotatable bonds is 20. The zero-order valence-corrected chi connectivity index (χ0v) is 29.0. The smallest absolute Gasteiger partial charge is 0.244 e. The Morgan fingerprint density at radius 3 is 2.26 bits per heavy atom. The van der Waals surface area contributed by atoms with Gasteiger partial charge in [-0.25, -0.2) is 0 Å². The molecule has 1 aliphatic rings. The lowest BCUT2D eigenvalue weighted by molar-refractivity contribution is -0.137. The quantitative estimate of drug-likeness (QED) is 0.127. The van der Waals surface area contributed by atoms with Gasteiger partial charge in [0.05, 0.1) is 24.2 Å². The van der Waals surface area contributed by atoms with Gasteiger partial charge >= 0.3 is 0 Å². The van der Waals surface area contributed by atoms with Crippen LogP contribution >= 0.6 is 0 Å². The van der Waals surface area contributed by atoms with Gasteiger partial charge in [-0.1, -0.05) is 69.4 Å². The van der Waals surface area contributed by atoms with E-state index in [2.05, 4.69) is 22.5 Å². The van der Waals surface area contributed by atoms with Gasteiger partial charge in [0, 0.05) is 38.9 Å². The molecular weight excluding hydrogens is 592 g/mol. The number of likely N-dealkylation sites (N-methyl/N-ethyl adjacent to an activating group) is 2. The molecule has 3 amide bonds. The third kappa shape index (κ3) is 14.1. The molecule has 9 heteroatoms. The highest BCUT2D eigenvalue weighted by atomic mass is 16.3. The maximum atomic E-state index is 14.0. The van der Waals surface area contributed by atoms with Crippen LogP contribution in [0, 0.1) is 42.4 Å². The summed E-state index contributed by atoms with van der Waals surface area (Å²) in [5.41, 5.74) is 0.899. The van der Waals surface area contributed by atoms with Crippen LogP contribution in [-0.4, -0.2) is 96.3 Å². The summed E-state index contributed by atoms with van der Waals surface area (Å²) in [5.74, 6) is 3.06. The summed E-state index contributed by atoms with van der Waals surface area (Å²) in [6, 6.07) is 7.67. The largest absolute Gasteiger partial charge is 0.390 e. The van der Waals surface area contributed by atoms with Crippen LogP contribution in [0.25, 0.3) is 0 Å². The van der Waals surface area contributed by atoms with E-state index < -0.39 is 47.9 Å². The number of aliphatic hydroxyl groups is 2. The number of unbranched alkanes of at least 4 members (excludes halogenated alkanes) is 1. The lowest BCUT2D eigenvalue weighted by atomic mass is 9.82. The Morgan fingerprint density at radius 1 is 0.979 bits per heavy atom. The molecule has 2 rings (SSSR count). The average Bonchev–Trinajstić information content (AvgIpc) is 3.07. The Hall–Kier alpha value is -3.37. The molecule has 1 saturated carbocycles. The summed E-state index contributed by atoms with van der Waals surface area (Å²) in [6.45, 7) is 3.06. The SMILES string of the molecule is C#CCCC[C@H](O)[C@H](O)[C@H](CC1CCCCC1)NC(=O)[C@@H](NC(=O)[C@@H](CC(=O)N(C)CCN(C)C)Cc1ccccc1)C(C#C)CC. The molecule has 1 aromatic rings. The van der Waals surface area contributed by atoms with Crippen molar-refractivity contribution in [1.82, 2.24) is 20.4 Å². The number of carbonyl (C=O) groups excluding carboxylic acids is 3. The van der Waals surface area contributed by atoms with E-state index in [9.17, 15) is 24.6 Å². The normalized spacial score (nSPS) is 17.3. The van der Waals surface area contributed by atoms with Crippen molar-refractivity contribution >= 4 is 17.7 Å². The van der Waals surface area contributed by atoms with Crippen LogP contribution in [0.3, 0.4) is 0 Å². The van der Waals surface area contributed by atoms with Gasteiger partial charge in [-0.3, -0.25) is 14.4 Å². The van der Waals surface area contributed by atoms with Gasteiger partial charge in [0.15, 0.2) is 0 Å². The number of aliphatic hydroxyl groups excluding tert-OH is 2. The monoisotopic (exact) mass is 650 g/mol. The second kappa shape index (κ2) is 21.5. The molecule has 1 aliphatic carbocycles. The van der Waals surface area contributed by atoms with Crippen LogP contribution in [0.5, 0.6) is 0 Å². The third-order valence-electron chi connectivity index (χ3n) is 9.33. The van der Waals surface area contributed by atoms with E-state index >= 15 is 0 Å². The fourth-order valence-electron chi connectivity index (χ4n) is 6.26. The van der Waals surface area contributed by atoms with Crippen LogP contribution in [0.4, 0.5) is 0 Å². The van der Waals surface area contributed by atoms with E-state index in [-0.39, 0.29) is 12.3 Å². The maximum absolute atomic E-state index is 14.0. The van der Waals surface area contributed by atoms with Crippen LogP contribution in [0.15, 0.2) is 30.3 Å². The van der Waals surface area contributed by atoms with Gasteiger partial charge in [0.2, 0.25) is 17.7 Å². The summed E-state index contributed by atoms with van der Waals surface area (Å²) >= 11 is 0. The van der Waals surface area contributed by atoms with E-state index in [1.807, 2.05) is 56.3 Å². The molecule has 0 aromatic heterocycles. The van der Waals surface area contributed by atoms with Crippen molar-refractivity contribution in [1.29, 1.82) is 0 Å². The Kier molecular flexibility index (Phi) is 18.2. The van der Waals surface area contributed by atoms with E-state index in [0.29, 0.717) is 57.5 Å².